The number of hydrogen-bond donors (Lipinski definition) is 3. The Kier molecular flexibility index (Phi) is 2.13. The summed E-state index contributed by atoms with van der Waals surface area (Å²) in [6, 6.07) is 4.74. The molecule has 14 heavy (non-hydrogen) atoms. The van der Waals surface area contributed by atoms with Gasteiger partial charge < -0.3 is 10.2 Å². The van der Waals surface area contributed by atoms with Crippen LogP contribution in [-0.2, 0) is 0 Å². The lowest BCUT2D eigenvalue weighted by atomic mass is 10.2. The van der Waals surface area contributed by atoms with Gasteiger partial charge in [-0.3, -0.25) is 0 Å². The van der Waals surface area contributed by atoms with Crippen LogP contribution in [0.1, 0.15) is 10.4 Å². The largest absolute Gasteiger partial charge is 0.499 e. The Hall–Kier alpha value is -1.20. The Morgan fingerprint density at radius 3 is 2.79 bits per heavy atom. The fourth-order valence-electron chi connectivity index (χ4n) is 1.25. The van der Waals surface area contributed by atoms with E-state index in [0.29, 0.717) is 9.60 Å². The zero-order valence-electron chi connectivity index (χ0n) is 6.89. The van der Waals surface area contributed by atoms with Crippen LogP contribution in [0.4, 0.5) is 0 Å². The molecule has 0 atom stereocenters. The van der Waals surface area contributed by atoms with E-state index in [1.165, 1.54) is 6.07 Å². The first-order valence-electron chi connectivity index (χ1n) is 3.77. The van der Waals surface area contributed by atoms with Crippen molar-refractivity contribution in [2.75, 3.05) is 0 Å². The molecular formula is C9H6O3S2. The third-order valence-corrected chi connectivity index (χ3v) is 3.46. The number of aromatic hydroxyl groups is 1. The van der Waals surface area contributed by atoms with Gasteiger partial charge in [0, 0.05) is 4.90 Å². The standard InChI is InChI=1S/C9H6O3S2/c10-6-3-4-1-2-5(9(11)12)7(13)8(4)14-6/h1-3,10,13H,(H,11,12). The summed E-state index contributed by atoms with van der Waals surface area (Å²) < 4.78 is 0.700. The summed E-state index contributed by atoms with van der Waals surface area (Å²) in [6.07, 6.45) is 0. The topological polar surface area (TPSA) is 57.5 Å². The first kappa shape index (κ1) is 9.36. The maximum absolute atomic E-state index is 10.8. The second kappa shape index (κ2) is 3.18. The fraction of sp³-hybridized carbons (Fsp3) is 0. The van der Waals surface area contributed by atoms with E-state index < -0.39 is 5.97 Å². The molecular weight excluding hydrogens is 220 g/mol. The minimum absolute atomic E-state index is 0.155. The minimum atomic E-state index is -1.01. The average molecular weight is 226 g/mol. The average Bonchev–Trinajstić information content (AvgIpc) is 2.46. The van der Waals surface area contributed by atoms with Crippen molar-refractivity contribution in [3.8, 4) is 5.06 Å². The molecule has 0 radical (unpaired) electrons. The van der Waals surface area contributed by atoms with E-state index in [2.05, 4.69) is 12.6 Å². The highest BCUT2D eigenvalue weighted by Gasteiger charge is 2.12. The molecule has 0 bridgehead atoms. The molecule has 0 aliphatic carbocycles. The SMILES string of the molecule is O=C(O)c1ccc2cc(O)sc2c1S. The van der Waals surface area contributed by atoms with Gasteiger partial charge >= 0.3 is 5.97 Å². The molecule has 2 aromatic rings. The van der Waals surface area contributed by atoms with Gasteiger partial charge in [-0.25, -0.2) is 4.79 Å². The Morgan fingerprint density at radius 2 is 2.14 bits per heavy atom. The summed E-state index contributed by atoms with van der Waals surface area (Å²) in [5.41, 5.74) is 0.155. The van der Waals surface area contributed by atoms with Gasteiger partial charge in [-0.1, -0.05) is 17.4 Å². The van der Waals surface area contributed by atoms with Crippen LogP contribution in [0, 0.1) is 0 Å². The smallest absolute Gasteiger partial charge is 0.336 e. The summed E-state index contributed by atoms with van der Waals surface area (Å²) in [6.45, 7) is 0. The summed E-state index contributed by atoms with van der Waals surface area (Å²) in [7, 11) is 0. The van der Waals surface area contributed by atoms with E-state index >= 15 is 0 Å². The van der Waals surface area contributed by atoms with Crippen molar-refractivity contribution < 1.29 is 15.0 Å². The van der Waals surface area contributed by atoms with E-state index in [-0.39, 0.29) is 10.6 Å². The molecule has 0 fully saturated rings. The molecule has 0 unspecified atom stereocenters. The number of thiol groups is 1. The Bertz CT molecular complexity index is 516. The van der Waals surface area contributed by atoms with E-state index in [4.69, 9.17) is 5.11 Å². The number of thiophene rings is 1. The molecule has 0 aliphatic heterocycles. The third-order valence-electron chi connectivity index (χ3n) is 1.88. The van der Waals surface area contributed by atoms with Crippen molar-refractivity contribution in [1.82, 2.24) is 0 Å². The fourth-order valence-corrected chi connectivity index (χ4v) is 2.53. The zero-order valence-corrected chi connectivity index (χ0v) is 8.60. The quantitative estimate of drug-likeness (QED) is 0.655. The zero-order chi connectivity index (χ0) is 10.3. The van der Waals surface area contributed by atoms with Gasteiger partial charge in [0.05, 0.1) is 10.3 Å². The van der Waals surface area contributed by atoms with Crippen LogP contribution in [0.3, 0.4) is 0 Å². The van der Waals surface area contributed by atoms with Crippen LogP contribution in [0.25, 0.3) is 10.1 Å². The molecule has 0 saturated carbocycles. The van der Waals surface area contributed by atoms with E-state index in [0.717, 1.165) is 16.7 Å². The molecule has 2 N–H and O–H groups in total. The summed E-state index contributed by atoms with van der Waals surface area (Å²) >= 11 is 5.26. The van der Waals surface area contributed by atoms with Crippen molar-refractivity contribution in [3.05, 3.63) is 23.8 Å². The van der Waals surface area contributed by atoms with Gasteiger partial charge in [-0.05, 0) is 17.5 Å². The summed E-state index contributed by atoms with van der Waals surface area (Å²) in [4.78, 5) is 11.2. The molecule has 72 valence electrons. The van der Waals surface area contributed by atoms with Crippen molar-refractivity contribution in [3.63, 3.8) is 0 Å². The van der Waals surface area contributed by atoms with Crippen LogP contribution in [0.5, 0.6) is 5.06 Å². The number of hydrogen-bond acceptors (Lipinski definition) is 4. The molecule has 0 amide bonds. The molecule has 0 aliphatic rings. The van der Waals surface area contributed by atoms with Crippen LogP contribution < -0.4 is 0 Å². The highest BCUT2D eigenvalue weighted by atomic mass is 32.1. The Morgan fingerprint density at radius 1 is 1.43 bits per heavy atom. The lowest BCUT2D eigenvalue weighted by Crippen LogP contribution is -1.96. The van der Waals surface area contributed by atoms with Crippen molar-refractivity contribution in [1.29, 1.82) is 0 Å². The summed E-state index contributed by atoms with van der Waals surface area (Å²) in [5.74, 6) is -1.01. The van der Waals surface area contributed by atoms with Crippen LogP contribution in [0.2, 0.25) is 0 Å². The molecule has 2 rings (SSSR count). The first-order valence-corrected chi connectivity index (χ1v) is 5.03. The molecule has 0 saturated heterocycles. The number of carboxylic acid groups (broad SMARTS) is 1. The Balaban J connectivity index is 2.80. The molecule has 1 aromatic heterocycles. The number of benzene rings is 1. The normalized spacial score (nSPS) is 10.6. The predicted molar refractivity (Wildman–Crippen MR) is 57.7 cm³/mol. The van der Waals surface area contributed by atoms with Gasteiger partial charge in [0.2, 0.25) is 0 Å². The number of carbonyl (C=O) groups is 1. The Labute approximate surface area is 89.0 Å². The highest BCUT2D eigenvalue weighted by Crippen LogP contribution is 2.36. The molecule has 1 aromatic carbocycles. The second-order valence-electron chi connectivity index (χ2n) is 2.77. The number of fused-ring (bicyclic) bond motifs is 1. The molecule has 5 heteroatoms. The maximum atomic E-state index is 10.8. The van der Waals surface area contributed by atoms with Gasteiger partial charge in [0.15, 0.2) is 5.06 Å². The van der Waals surface area contributed by atoms with Crippen LogP contribution in [-0.4, -0.2) is 16.2 Å². The lowest BCUT2D eigenvalue weighted by molar-refractivity contribution is 0.0693. The summed E-state index contributed by atoms with van der Waals surface area (Å²) in [5, 5.41) is 19.0. The van der Waals surface area contributed by atoms with Crippen LogP contribution >= 0.6 is 24.0 Å². The molecule has 3 nitrogen and oxygen atoms in total. The van der Waals surface area contributed by atoms with E-state index in [1.807, 2.05) is 0 Å². The number of carboxylic acids is 1. The van der Waals surface area contributed by atoms with Gasteiger partial charge in [0.25, 0.3) is 0 Å². The van der Waals surface area contributed by atoms with Crippen LogP contribution in [0.15, 0.2) is 23.1 Å². The molecule has 0 spiro atoms. The number of rotatable bonds is 1. The number of aromatic carboxylic acids is 1. The van der Waals surface area contributed by atoms with Gasteiger partial charge in [0.1, 0.15) is 0 Å². The third kappa shape index (κ3) is 1.34. The van der Waals surface area contributed by atoms with Crippen molar-refractivity contribution in [2.24, 2.45) is 0 Å². The molecule has 1 heterocycles. The van der Waals surface area contributed by atoms with Gasteiger partial charge in [-0.15, -0.1) is 12.6 Å². The van der Waals surface area contributed by atoms with E-state index in [1.54, 1.807) is 12.1 Å². The lowest BCUT2D eigenvalue weighted by Gasteiger charge is -1.99. The highest BCUT2D eigenvalue weighted by molar-refractivity contribution is 7.80. The predicted octanol–water partition coefficient (Wildman–Crippen LogP) is 2.59. The first-order chi connectivity index (χ1) is 6.59. The second-order valence-corrected chi connectivity index (χ2v) is 4.25. The van der Waals surface area contributed by atoms with Crippen molar-refractivity contribution in [2.45, 2.75) is 4.90 Å². The minimum Gasteiger partial charge on any atom is -0.499 e. The van der Waals surface area contributed by atoms with Gasteiger partial charge in [-0.2, -0.15) is 0 Å². The van der Waals surface area contributed by atoms with E-state index in [9.17, 15) is 9.90 Å². The maximum Gasteiger partial charge on any atom is 0.336 e. The van der Waals surface area contributed by atoms with Crippen molar-refractivity contribution >= 4 is 40.0 Å². The monoisotopic (exact) mass is 226 g/mol.